The number of hydrogen-bond acceptors (Lipinski definition) is 4. The van der Waals surface area contributed by atoms with Crippen LogP contribution in [0, 0.1) is 6.92 Å². The molecule has 1 atom stereocenters. The third-order valence-corrected chi connectivity index (χ3v) is 3.77. The fourth-order valence-corrected chi connectivity index (χ4v) is 2.68. The van der Waals surface area contributed by atoms with Crippen LogP contribution in [0.1, 0.15) is 11.1 Å². The van der Waals surface area contributed by atoms with Crippen LogP contribution in [0.3, 0.4) is 0 Å². The van der Waals surface area contributed by atoms with Gasteiger partial charge in [-0.3, -0.25) is 9.80 Å². The van der Waals surface area contributed by atoms with E-state index < -0.39 is 0 Å². The van der Waals surface area contributed by atoms with Gasteiger partial charge in [-0.05, 0) is 19.5 Å². The molecule has 2 rings (SSSR count). The largest absolute Gasteiger partial charge is 0.390 e. The van der Waals surface area contributed by atoms with E-state index in [4.69, 9.17) is 0 Å². The van der Waals surface area contributed by atoms with Crippen molar-refractivity contribution in [2.24, 2.45) is 0 Å². The van der Waals surface area contributed by atoms with Crippen molar-refractivity contribution in [1.82, 2.24) is 15.1 Å². The quantitative estimate of drug-likeness (QED) is 0.802. The Labute approximate surface area is 122 Å². The smallest absolute Gasteiger partial charge is 0.0793 e. The van der Waals surface area contributed by atoms with E-state index in [1.54, 1.807) is 0 Å². The van der Waals surface area contributed by atoms with Crippen molar-refractivity contribution in [3.8, 4) is 0 Å². The highest BCUT2D eigenvalue weighted by Crippen LogP contribution is 2.06. The van der Waals surface area contributed by atoms with Gasteiger partial charge in [0.1, 0.15) is 0 Å². The van der Waals surface area contributed by atoms with Crippen LogP contribution in [-0.2, 0) is 6.54 Å². The highest BCUT2D eigenvalue weighted by molar-refractivity contribution is 5.21. The Morgan fingerprint density at radius 2 is 1.90 bits per heavy atom. The number of benzene rings is 1. The van der Waals surface area contributed by atoms with E-state index in [1.165, 1.54) is 11.1 Å². The lowest BCUT2D eigenvalue weighted by Crippen LogP contribution is -2.47. The fraction of sp³-hybridized carbons (Fsp3) is 0.625. The predicted octanol–water partition coefficient (Wildman–Crippen LogP) is 0.693. The fourth-order valence-electron chi connectivity index (χ4n) is 2.68. The standard InChI is InChI=1S/C16H27N3O/c1-14-3-5-15(6-4-14)11-18(2)12-16(20)13-19-9-7-17-8-10-19/h3-6,16-17,20H,7-13H2,1-2H3. The number of aliphatic hydroxyl groups excluding tert-OH is 1. The summed E-state index contributed by atoms with van der Waals surface area (Å²) in [5.41, 5.74) is 2.59. The first-order valence-corrected chi connectivity index (χ1v) is 7.49. The van der Waals surface area contributed by atoms with Gasteiger partial charge in [0.15, 0.2) is 0 Å². The number of rotatable bonds is 6. The second-order valence-corrected chi connectivity index (χ2v) is 5.89. The molecule has 1 aliphatic heterocycles. The Kier molecular flexibility index (Phi) is 5.98. The number of aliphatic hydroxyl groups is 1. The van der Waals surface area contributed by atoms with Gasteiger partial charge in [-0.25, -0.2) is 0 Å². The first kappa shape index (κ1) is 15.4. The van der Waals surface area contributed by atoms with Gasteiger partial charge in [0.2, 0.25) is 0 Å². The monoisotopic (exact) mass is 277 g/mol. The summed E-state index contributed by atoms with van der Waals surface area (Å²) in [5, 5.41) is 13.5. The lowest BCUT2D eigenvalue weighted by Gasteiger charge is -2.30. The van der Waals surface area contributed by atoms with Crippen LogP contribution in [-0.4, -0.2) is 67.3 Å². The lowest BCUT2D eigenvalue weighted by molar-refractivity contribution is 0.0752. The maximum Gasteiger partial charge on any atom is 0.0793 e. The first-order chi connectivity index (χ1) is 9.63. The third-order valence-electron chi connectivity index (χ3n) is 3.77. The zero-order chi connectivity index (χ0) is 14.4. The molecule has 1 aromatic rings. The van der Waals surface area contributed by atoms with E-state index in [1.807, 2.05) is 0 Å². The van der Waals surface area contributed by atoms with E-state index in [2.05, 4.69) is 53.4 Å². The third kappa shape index (κ3) is 5.21. The van der Waals surface area contributed by atoms with E-state index in [9.17, 15) is 5.11 Å². The molecular formula is C16H27N3O. The number of aryl methyl sites for hydroxylation is 1. The molecule has 112 valence electrons. The van der Waals surface area contributed by atoms with Gasteiger partial charge >= 0.3 is 0 Å². The van der Waals surface area contributed by atoms with E-state index in [0.29, 0.717) is 0 Å². The summed E-state index contributed by atoms with van der Waals surface area (Å²) in [6, 6.07) is 8.60. The molecule has 1 aromatic carbocycles. The summed E-state index contributed by atoms with van der Waals surface area (Å²) in [6.45, 7) is 8.64. The molecule has 0 saturated carbocycles. The Morgan fingerprint density at radius 1 is 1.25 bits per heavy atom. The Hall–Kier alpha value is -0.940. The molecule has 0 bridgehead atoms. The van der Waals surface area contributed by atoms with Gasteiger partial charge in [-0.2, -0.15) is 0 Å². The van der Waals surface area contributed by atoms with Crippen molar-refractivity contribution in [2.45, 2.75) is 19.6 Å². The number of hydrogen-bond donors (Lipinski definition) is 2. The van der Waals surface area contributed by atoms with Crippen LogP contribution in [0.4, 0.5) is 0 Å². The highest BCUT2D eigenvalue weighted by atomic mass is 16.3. The van der Waals surface area contributed by atoms with Crippen LogP contribution in [0.15, 0.2) is 24.3 Å². The van der Waals surface area contributed by atoms with Crippen molar-refractivity contribution in [2.75, 3.05) is 46.3 Å². The number of nitrogens with zero attached hydrogens (tertiary/aromatic N) is 2. The van der Waals surface area contributed by atoms with Crippen LogP contribution in [0.25, 0.3) is 0 Å². The molecule has 0 aliphatic carbocycles. The molecule has 0 amide bonds. The Bertz CT molecular complexity index is 387. The average molecular weight is 277 g/mol. The molecule has 1 saturated heterocycles. The second kappa shape index (κ2) is 7.74. The molecule has 4 heteroatoms. The lowest BCUT2D eigenvalue weighted by atomic mass is 10.1. The summed E-state index contributed by atoms with van der Waals surface area (Å²) in [6.07, 6.45) is -0.274. The minimum Gasteiger partial charge on any atom is -0.390 e. The number of nitrogens with one attached hydrogen (secondary N) is 1. The van der Waals surface area contributed by atoms with Gasteiger partial charge in [0.25, 0.3) is 0 Å². The SMILES string of the molecule is Cc1ccc(CN(C)CC(O)CN2CCNCC2)cc1. The van der Waals surface area contributed by atoms with Crippen molar-refractivity contribution in [1.29, 1.82) is 0 Å². The molecule has 0 radical (unpaired) electrons. The zero-order valence-electron chi connectivity index (χ0n) is 12.7. The Balaban J connectivity index is 1.72. The number of piperazine rings is 1. The summed E-state index contributed by atoms with van der Waals surface area (Å²) in [4.78, 5) is 4.53. The maximum absolute atomic E-state index is 10.2. The van der Waals surface area contributed by atoms with Gasteiger partial charge < -0.3 is 10.4 Å². The van der Waals surface area contributed by atoms with Gasteiger partial charge in [-0.1, -0.05) is 29.8 Å². The Morgan fingerprint density at radius 3 is 2.55 bits per heavy atom. The molecule has 1 unspecified atom stereocenters. The van der Waals surface area contributed by atoms with Crippen molar-refractivity contribution in [3.05, 3.63) is 35.4 Å². The minimum atomic E-state index is -0.274. The predicted molar refractivity (Wildman–Crippen MR) is 82.8 cm³/mol. The van der Waals surface area contributed by atoms with Crippen LogP contribution in [0.5, 0.6) is 0 Å². The normalized spacial score (nSPS) is 18.4. The van der Waals surface area contributed by atoms with Gasteiger partial charge in [0, 0.05) is 45.8 Å². The molecule has 2 N–H and O–H groups in total. The van der Waals surface area contributed by atoms with Crippen LogP contribution in [0.2, 0.25) is 0 Å². The summed E-state index contributed by atoms with van der Waals surface area (Å²) in [7, 11) is 2.07. The summed E-state index contributed by atoms with van der Waals surface area (Å²) in [5.74, 6) is 0. The molecule has 1 fully saturated rings. The van der Waals surface area contributed by atoms with Crippen molar-refractivity contribution < 1.29 is 5.11 Å². The van der Waals surface area contributed by atoms with Crippen LogP contribution >= 0.6 is 0 Å². The van der Waals surface area contributed by atoms with Crippen LogP contribution < -0.4 is 5.32 Å². The molecule has 0 aromatic heterocycles. The molecule has 4 nitrogen and oxygen atoms in total. The zero-order valence-corrected chi connectivity index (χ0v) is 12.7. The average Bonchev–Trinajstić information content (AvgIpc) is 2.42. The van der Waals surface area contributed by atoms with E-state index in [-0.39, 0.29) is 6.10 Å². The topological polar surface area (TPSA) is 38.7 Å². The van der Waals surface area contributed by atoms with Gasteiger partial charge in [-0.15, -0.1) is 0 Å². The molecule has 0 spiro atoms. The number of β-amino-alcohol motifs (C(OH)–C–C–N with tert-alkyl or cyclic N) is 1. The molecule has 1 aliphatic rings. The van der Waals surface area contributed by atoms with Gasteiger partial charge in [0.05, 0.1) is 6.10 Å². The second-order valence-electron chi connectivity index (χ2n) is 5.89. The molecule has 20 heavy (non-hydrogen) atoms. The van der Waals surface area contributed by atoms with Crippen molar-refractivity contribution in [3.63, 3.8) is 0 Å². The van der Waals surface area contributed by atoms with E-state index in [0.717, 1.165) is 45.8 Å². The summed E-state index contributed by atoms with van der Waals surface area (Å²) >= 11 is 0. The molecule has 1 heterocycles. The van der Waals surface area contributed by atoms with Crippen molar-refractivity contribution >= 4 is 0 Å². The first-order valence-electron chi connectivity index (χ1n) is 7.49. The maximum atomic E-state index is 10.2. The van der Waals surface area contributed by atoms with E-state index >= 15 is 0 Å². The summed E-state index contributed by atoms with van der Waals surface area (Å²) < 4.78 is 0. The minimum absolute atomic E-state index is 0.274. The number of likely N-dealkylation sites (N-methyl/N-ethyl adjacent to an activating group) is 1. The highest BCUT2D eigenvalue weighted by Gasteiger charge is 2.15. The molecular weight excluding hydrogens is 250 g/mol.